The Balaban J connectivity index is 2.32. The molecule has 0 fully saturated rings. The predicted molar refractivity (Wildman–Crippen MR) is 91.2 cm³/mol. The molecule has 1 amide bonds. The van der Waals surface area contributed by atoms with Crippen LogP contribution in [0.25, 0.3) is 11.0 Å². The number of primary amides is 1. The number of carbonyl (C=O) groups is 1. The van der Waals surface area contributed by atoms with Gasteiger partial charge in [0, 0.05) is 10.4 Å². The second-order valence-electron chi connectivity index (χ2n) is 5.08. The molecule has 0 radical (unpaired) electrons. The van der Waals surface area contributed by atoms with E-state index in [-0.39, 0.29) is 11.1 Å². The van der Waals surface area contributed by atoms with Gasteiger partial charge in [0.2, 0.25) is 5.55 Å². The van der Waals surface area contributed by atoms with Gasteiger partial charge in [-0.25, -0.2) is 4.99 Å². The maximum atomic E-state index is 11.7. The lowest BCUT2D eigenvalue weighted by atomic mass is 10.1. The van der Waals surface area contributed by atoms with Gasteiger partial charge in [-0.1, -0.05) is 40.9 Å². The molecule has 1 heterocycles. The number of nitrogens with zero attached hydrogens (tertiary/aromatic N) is 1. The van der Waals surface area contributed by atoms with Crippen LogP contribution in [0.15, 0.2) is 51.9 Å². The Morgan fingerprint density at radius 1 is 1.13 bits per heavy atom. The minimum absolute atomic E-state index is 0.109. The largest absolute Gasteiger partial charge is 0.436 e. The topological polar surface area (TPSA) is 68.6 Å². The number of rotatable bonds is 2. The summed E-state index contributed by atoms with van der Waals surface area (Å²) < 4.78 is 5.72. The van der Waals surface area contributed by atoms with E-state index in [4.69, 9.17) is 33.4 Å². The standard InChI is InChI=1S/C17H12Cl2N2O2/c1-9-2-4-12(5-3-9)21-17-13(16(20)22)7-10-6-11(18)8-14(19)15(10)23-17/h2-8H,1H3,(H2,20,22). The van der Waals surface area contributed by atoms with Gasteiger partial charge in [-0.2, -0.15) is 0 Å². The quantitative estimate of drug-likeness (QED) is 0.747. The van der Waals surface area contributed by atoms with Gasteiger partial charge in [0.15, 0.2) is 5.58 Å². The molecule has 4 nitrogen and oxygen atoms in total. The monoisotopic (exact) mass is 346 g/mol. The Labute approximate surface area is 142 Å². The predicted octanol–water partition coefficient (Wildman–Crippen LogP) is 4.38. The summed E-state index contributed by atoms with van der Waals surface area (Å²) in [5.41, 5.74) is 7.85. The Kier molecular flexibility index (Phi) is 4.11. The normalized spacial score (nSPS) is 11.9. The molecule has 2 aromatic carbocycles. The van der Waals surface area contributed by atoms with Crippen LogP contribution in [0.2, 0.25) is 10.0 Å². The molecule has 0 saturated heterocycles. The van der Waals surface area contributed by atoms with Crippen LogP contribution in [0.1, 0.15) is 15.9 Å². The summed E-state index contributed by atoms with van der Waals surface area (Å²) in [5, 5.41) is 1.36. The zero-order chi connectivity index (χ0) is 16.6. The van der Waals surface area contributed by atoms with Crippen LogP contribution in [0.4, 0.5) is 5.69 Å². The molecule has 1 aromatic heterocycles. The van der Waals surface area contributed by atoms with E-state index in [1.165, 1.54) is 0 Å². The number of amides is 1. The van der Waals surface area contributed by atoms with Crippen LogP contribution in [-0.4, -0.2) is 5.91 Å². The fraction of sp³-hybridized carbons (Fsp3) is 0.0588. The highest BCUT2D eigenvalue weighted by atomic mass is 35.5. The van der Waals surface area contributed by atoms with Gasteiger partial charge in [0.05, 0.1) is 10.7 Å². The van der Waals surface area contributed by atoms with Gasteiger partial charge in [-0.3, -0.25) is 4.79 Å². The average Bonchev–Trinajstić information content (AvgIpc) is 2.49. The van der Waals surface area contributed by atoms with Crippen molar-refractivity contribution < 1.29 is 9.21 Å². The highest BCUT2D eigenvalue weighted by Gasteiger charge is 2.12. The molecule has 0 bridgehead atoms. The van der Waals surface area contributed by atoms with Gasteiger partial charge in [-0.15, -0.1) is 0 Å². The molecule has 0 aliphatic carbocycles. The van der Waals surface area contributed by atoms with Crippen LogP contribution in [0.5, 0.6) is 0 Å². The van der Waals surface area contributed by atoms with Crippen LogP contribution < -0.4 is 11.3 Å². The molecule has 6 heteroatoms. The van der Waals surface area contributed by atoms with Crippen molar-refractivity contribution in [1.82, 2.24) is 0 Å². The van der Waals surface area contributed by atoms with E-state index in [0.717, 1.165) is 5.56 Å². The third kappa shape index (κ3) is 3.23. The number of halogens is 2. The van der Waals surface area contributed by atoms with Crippen LogP contribution in [0.3, 0.4) is 0 Å². The van der Waals surface area contributed by atoms with Crippen molar-refractivity contribution in [3.8, 4) is 0 Å². The summed E-state index contributed by atoms with van der Waals surface area (Å²) in [6, 6.07) is 12.3. The van der Waals surface area contributed by atoms with Crippen molar-refractivity contribution in [3.05, 3.63) is 69.2 Å². The molecule has 2 N–H and O–H groups in total. The summed E-state index contributed by atoms with van der Waals surface area (Å²) in [5.74, 6) is -0.641. The fourth-order valence-corrected chi connectivity index (χ4v) is 2.71. The number of hydrogen-bond acceptors (Lipinski definition) is 3. The summed E-state index contributed by atoms with van der Waals surface area (Å²) in [7, 11) is 0. The molecule has 3 rings (SSSR count). The summed E-state index contributed by atoms with van der Waals surface area (Å²) in [6.45, 7) is 1.97. The van der Waals surface area contributed by atoms with E-state index >= 15 is 0 Å². The van der Waals surface area contributed by atoms with Crippen molar-refractivity contribution in [2.24, 2.45) is 10.7 Å². The first-order valence-corrected chi connectivity index (χ1v) is 7.54. The second-order valence-corrected chi connectivity index (χ2v) is 5.93. The first-order chi connectivity index (χ1) is 10.9. The number of hydrogen-bond donors (Lipinski definition) is 1. The minimum atomic E-state index is -0.641. The molecule has 0 aliphatic heterocycles. The molecular weight excluding hydrogens is 335 g/mol. The van der Waals surface area contributed by atoms with Crippen molar-refractivity contribution in [1.29, 1.82) is 0 Å². The highest BCUT2D eigenvalue weighted by Crippen LogP contribution is 2.27. The van der Waals surface area contributed by atoms with Crippen molar-refractivity contribution in [2.45, 2.75) is 6.92 Å². The smallest absolute Gasteiger partial charge is 0.254 e. The third-order valence-electron chi connectivity index (χ3n) is 3.30. The maximum Gasteiger partial charge on any atom is 0.254 e. The summed E-state index contributed by atoms with van der Waals surface area (Å²) in [4.78, 5) is 16.1. The van der Waals surface area contributed by atoms with E-state index in [2.05, 4.69) is 4.99 Å². The van der Waals surface area contributed by atoms with Crippen LogP contribution in [0, 0.1) is 6.92 Å². The molecule has 3 aromatic rings. The molecule has 116 valence electrons. The molecule has 0 atom stereocenters. The molecule has 0 saturated carbocycles. The van der Waals surface area contributed by atoms with Crippen molar-refractivity contribution in [3.63, 3.8) is 0 Å². The Hall–Kier alpha value is -2.30. The summed E-state index contributed by atoms with van der Waals surface area (Å²) in [6.07, 6.45) is 0. The zero-order valence-electron chi connectivity index (χ0n) is 12.1. The first-order valence-electron chi connectivity index (χ1n) is 6.78. The minimum Gasteiger partial charge on any atom is -0.436 e. The zero-order valence-corrected chi connectivity index (χ0v) is 13.7. The fourth-order valence-electron chi connectivity index (χ4n) is 2.16. The lowest BCUT2D eigenvalue weighted by Crippen LogP contribution is -2.21. The van der Waals surface area contributed by atoms with E-state index < -0.39 is 5.91 Å². The van der Waals surface area contributed by atoms with Crippen molar-refractivity contribution in [2.75, 3.05) is 0 Å². The van der Waals surface area contributed by atoms with Crippen molar-refractivity contribution >= 4 is 45.8 Å². The first kappa shape index (κ1) is 15.6. The lowest BCUT2D eigenvalue weighted by molar-refractivity contribution is 0.0996. The molecule has 23 heavy (non-hydrogen) atoms. The van der Waals surface area contributed by atoms with E-state index in [0.29, 0.717) is 26.7 Å². The van der Waals surface area contributed by atoms with Gasteiger partial charge < -0.3 is 10.2 Å². The van der Waals surface area contributed by atoms with Gasteiger partial charge in [0.1, 0.15) is 5.56 Å². The summed E-state index contributed by atoms with van der Waals surface area (Å²) >= 11 is 12.1. The van der Waals surface area contributed by atoms with E-state index in [1.54, 1.807) is 18.2 Å². The Morgan fingerprint density at radius 3 is 2.48 bits per heavy atom. The van der Waals surface area contributed by atoms with Gasteiger partial charge in [0.25, 0.3) is 5.91 Å². The third-order valence-corrected chi connectivity index (χ3v) is 3.80. The van der Waals surface area contributed by atoms with Crippen LogP contribution in [-0.2, 0) is 0 Å². The van der Waals surface area contributed by atoms with E-state index in [9.17, 15) is 4.79 Å². The SMILES string of the molecule is Cc1ccc(N=c2oc3c(Cl)cc(Cl)cc3cc2C(N)=O)cc1. The lowest BCUT2D eigenvalue weighted by Gasteiger charge is -2.04. The number of benzene rings is 2. The number of carbonyl (C=O) groups excluding carboxylic acids is 1. The Bertz CT molecular complexity index is 976. The average molecular weight is 347 g/mol. The van der Waals surface area contributed by atoms with Gasteiger partial charge >= 0.3 is 0 Å². The van der Waals surface area contributed by atoms with E-state index in [1.807, 2.05) is 31.2 Å². The number of nitrogens with two attached hydrogens (primary N) is 1. The second kappa shape index (κ2) is 6.07. The number of aryl methyl sites for hydroxylation is 1. The van der Waals surface area contributed by atoms with Gasteiger partial charge in [-0.05, 0) is 37.3 Å². The van der Waals surface area contributed by atoms with Crippen LogP contribution >= 0.6 is 23.2 Å². The Morgan fingerprint density at radius 2 is 1.83 bits per heavy atom. The molecule has 0 unspecified atom stereocenters. The molecule has 0 aliphatic rings. The maximum absolute atomic E-state index is 11.7. The molecule has 0 spiro atoms. The highest BCUT2D eigenvalue weighted by molar-refractivity contribution is 6.38. The molecular formula is C17H12Cl2N2O2. The number of fused-ring (bicyclic) bond motifs is 1.